The van der Waals surface area contributed by atoms with Crippen molar-refractivity contribution in [1.82, 2.24) is 5.43 Å². The zero-order valence-electron chi connectivity index (χ0n) is 13.7. The molecule has 3 aromatic rings. The van der Waals surface area contributed by atoms with Crippen LogP contribution in [-0.4, -0.2) is 23.3 Å². The van der Waals surface area contributed by atoms with Crippen LogP contribution in [0, 0.1) is 0 Å². The van der Waals surface area contributed by atoms with Crippen molar-refractivity contribution >= 4 is 50.2 Å². The Labute approximate surface area is 156 Å². The smallest absolute Gasteiger partial charge is 0.285 e. The number of nitrogens with zero attached hydrogens (tertiary/aromatic N) is 1. The van der Waals surface area contributed by atoms with E-state index < -0.39 is 29.7 Å². The van der Waals surface area contributed by atoms with Gasteiger partial charge in [-0.15, -0.1) is 22.7 Å². The van der Waals surface area contributed by atoms with E-state index in [2.05, 4.69) is 10.5 Å². The van der Waals surface area contributed by atoms with E-state index in [0.29, 0.717) is 16.7 Å². The highest BCUT2D eigenvalue weighted by Crippen LogP contribution is 2.25. The van der Waals surface area contributed by atoms with Crippen LogP contribution in [0.5, 0.6) is 0 Å². The monoisotopic (exact) mass is 392 g/mol. The molecule has 0 saturated heterocycles. The summed E-state index contributed by atoms with van der Waals surface area (Å²) in [5.41, 5.74) is 1.47. The number of halogens is 2. The number of hydrogen-bond donors (Lipinski definition) is 1. The van der Waals surface area contributed by atoms with Crippen molar-refractivity contribution < 1.29 is 18.4 Å². The molecule has 2 aromatic heterocycles. The molecule has 0 unspecified atom stereocenters. The number of nitrogens with one attached hydrogen (secondary N) is 1. The van der Waals surface area contributed by atoms with Crippen molar-refractivity contribution in [2.75, 3.05) is 0 Å². The molecule has 134 valence electrons. The van der Waals surface area contributed by atoms with E-state index in [4.69, 9.17) is 0 Å². The molecule has 0 bridgehead atoms. The van der Waals surface area contributed by atoms with Crippen LogP contribution in [0.4, 0.5) is 8.78 Å². The van der Waals surface area contributed by atoms with Crippen molar-refractivity contribution in [2.24, 2.45) is 5.10 Å². The van der Waals surface area contributed by atoms with E-state index in [1.165, 1.54) is 22.7 Å². The first-order valence-electron chi connectivity index (χ1n) is 7.65. The number of Topliss-reactive ketones (excluding diaryl/α,β-unsaturated/α-hetero) is 1. The minimum absolute atomic E-state index is 0.360. The third-order valence-corrected chi connectivity index (χ3v) is 5.60. The third-order valence-electron chi connectivity index (χ3n) is 3.57. The summed E-state index contributed by atoms with van der Waals surface area (Å²) in [6, 6.07) is 12.3. The van der Waals surface area contributed by atoms with Crippen LogP contribution < -0.4 is 5.43 Å². The van der Waals surface area contributed by atoms with E-state index in [0.717, 1.165) is 10.1 Å². The minimum atomic E-state index is -3.32. The minimum Gasteiger partial charge on any atom is -0.293 e. The number of carbonyl (C=O) groups is 2. The lowest BCUT2D eigenvalue weighted by Crippen LogP contribution is -2.31. The van der Waals surface area contributed by atoms with Crippen LogP contribution in [0.25, 0.3) is 10.1 Å². The Bertz CT molecular complexity index is 940. The molecule has 8 heteroatoms. The molecule has 0 saturated carbocycles. The van der Waals surface area contributed by atoms with E-state index in [1.54, 1.807) is 23.6 Å². The summed E-state index contributed by atoms with van der Waals surface area (Å²) in [6.07, 6.45) is -0.559. The number of thiophene rings is 2. The molecule has 0 aliphatic heterocycles. The first-order chi connectivity index (χ1) is 12.3. The molecule has 1 N–H and O–H groups in total. The van der Waals surface area contributed by atoms with Gasteiger partial charge < -0.3 is 0 Å². The quantitative estimate of drug-likeness (QED) is 0.365. The molecule has 1 amide bonds. The zero-order valence-corrected chi connectivity index (χ0v) is 15.3. The van der Waals surface area contributed by atoms with Crippen LogP contribution in [0.1, 0.15) is 32.7 Å². The maximum absolute atomic E-state index is 13.8. The topological polar surface area (TPSA) is 58.5 Å². The first-order valence-corrected chi connectivity index (χ1v) is 9.34. The summed E-state index contributed by atoms with van der Waals surface area (Å²) in [5, 5.41) is 6.13. The Balaban J connectivity index is 1.77. The predicted molar refractivity (Wildman–Crippen MR) is 101 cm³/mol. The number of carbonyl (C=O) groups excluding carboxylic acids is 2. The summed E-state index contributed by atoms with van der Waals surface area (Å²) in [4.78, 5) is 25.0. The van der Waals surface area contributed by atoms with Crippen LogP contribution in [0.3, 0.4) is 0 Å². The SMILES string of the molecule is CC(F)(F)/C(CC(=O)c1cccs1)=N\NC(=O)c1cc2ccccc2s1. The standard InChI is InChI=1S/C18H14F2N2O2S2/c1-18(19,20)16(10-12(23)14-7-4-8-25-14)21-22-17(24)15-9-11-5-2-3-6-13(11)26-15/h2-9H,10H2,1H3,(H,22,24)/b21-16-. The molecule has 2 heterocycles. The van der Waals surface area contributed by atoms with Crippen LogP contribution in [-0.2, 0) is 0 Å². The van der Waals surface area contributed by atoms with Crippen molar-refractivity contribution in [2.45, 2.75) is 19.3 Å². The van der Waals surface area contributed by atoms with E-state index in [-0.39, 0.29) is 0 Å². The van der Waals surface area contributed by atoms with Crippen molar-refractivity contribution in [3.05, 3.63) is 57.6 Å². The summed E-state index contributed by atoms with van der Waals surface area (Å²) >= 11 is 2.41. The summed E-state index contributed by atoms with van der Waals surface area (Å²) in [5.74, 6) is -4.37. The molecule has 0 fully saturated rings. The number of amides is 1. The molecule has 0 spiro atoms. The third kappa shape index (κ3) is 4.20. The molecular weight excluding hydrogens is 378 g/mol. The summed E-state index contributed by atoms with van der Waals surface area (Å²) < 4.78 is 28.5. The number of rotatable bonds is 6. The Hall–Kier alpha value is -2.45. The fourth-order valence-corrected chi connectivity index (χ4v) is 3.85. The summed E-state index contributed by atoms with van der Waals surface area (Å²) in [6.45, 7) is 0.652. The van der Waals surface area contributed by atoms with E-state index in [9.17, 15) is 18.4 Å². The van der Waals surface area contributed by atoms with Gasteiger partial charge in [-0.05, 0) is 29.0 Å². The fourth-order valence-electron chi connectivity index (χ4n) is 2.24. The van der Waals surface area contributed by atoms with Gasteiger partial charge in [-0.1, -0.05) is 24.3 Å². The second-order valence-corrected chi connectivity index (χ2v) is 7.65. The van der Waals surface area contributed by atoms with Crippen molar-refractivity contribution in [3.8, 4) is 0 Å². The second kappa shape index (κ2) is 7.43. The average Bonchev–Trinajstić information content (AvgIpc) is 3.25. The molecule has 0 aliphatic carbocycles. The lowest BCUT2D eigenvalue weighted by atomic mass is 10.1. The molecule has 0 atom stereocenters. The van der Waals surface area contributed by atoms with Crippen molar-refractivity contribution in [1.29, 1.82) is 0 Å². The van der Waals surface area contributed by atoms with Gasteiger partial charge in [0.2, 0.25) is 0 Å². The number of benzene rings is 1. The maximum Gasteiger partial charge on any atom is 0.285 e. The molecule has 1 aromatic carbocycles. The van der Waals surface area contributed by atoms with Crippen molar-refractivity contribution in [3.63, 3.8) is 0 Å². The Morgan fingerprint density at radius 3 is 2.58 bits per heavy atom. The Kier molecular flexibility index (Phi) is 5.24. The fraction of sp³-hybridized carbons (Fsp3) is 0.167. The van der Waals surface area contributed by atoms with Gasteiger partial charge in [-0.2, -0.15) is 5.10 Å². The lowest BCUT2D eigenvalue weighted by molar-refractivity contribution is 0.0880. The highest BCUT2D eigenvalue weighted by molar-refractivity contribution is 7.20. The van der Waals surface area contributed by atoms with Gasteiger partial charge in [0.25, 0.3) is 11.8 Å². The Morgan fingerprint density at radius 2 is 1.92 bits per heavy atom. The Morgan fingerprint density at radius 1 is 1.15 bits per heavy atom. The van der Waals surface area contributed by atoms with Gasteiger partial charge >= 0.3 is 0 Å². The molecule has 0 radical (unpaired) electrons. The molecule has 26 heavy (non-hydrogen) atoms. The van der Waals surface area contributed by atoms with Gasteiger partial charge in [-0.25, -0.2) is 14.2 Å². The molecule has 3 rings (SSSR count). The number of hydrogen-bond acceptors (Lipinski definition) is 5. The van der Waals surface area contributed by atoms with Crippen LogP contribution in [0.15, 0.2) is 52.9 Å². The lowest BCUT2D eigenvalue weighted by Gasteiger charge is -2.13. The molecule has 0 aliphatic rings. The van der Waals surface area contributed by atoms with Crippen LogP contribution >= 0.6 is 22.7 Å². The zero-order chi connectivity index (χ0) is 18.7. The molecule has 4 nitrogen and oxygen atoms in total. The van der Waals surface area contributed by atoms with Crippen LogP contribution in [0.2, 0.25) is 0 Å². The van der Waals surface area contributed by atoms with Gasteiger partial charge in [0, 0.05) is 11.6 Å². The van der Waals surface area contributed by atoms with E-state index >= 15 is 0 Å². The number of hydrazone groups is 1. The average molecular weight is 392 g/mol. The maximum atomic E-state index is 13.8. The van der Waals surface area contributed by atoms with Gasteiger partial charge in [-0.3, -0.25) is 9.59 Å². The van der Waals surface area contributed by atoms with Gasteiger partial charge in [0.05, 0.1) is 16.2 Å². The summed E-state index contributed by atoms with van der Waals surface area (Å²) in [7, 11) is 0. The predicted octanol–water partition coefficient (Wildman–Crippen LogP) is 4.98. The normalized spacial score (nSPS) is 12.3. The molecular formula is C18H14F2N2O2S2. The van der Waals surface area contributed by atoms with Gasteiger partial charge in [0.1, 0.15) is 5.71 Å². The second-order valence-electron chi connectivity index (χ2n) is 5.61. The highest BCUT2D eigenvalue weighted by atomic mass is 32.1. The van der Waals surface area contributed by atoms with E-state index in [1.807, 2.05) is 24.3 Å². The largest absolute Gasteiger partial charge is 0.293 e. The highest BCUT2D eigenvalue weighted by Gasteiger charge is 2.32. The first kappa shape index (κ1) is 18.3. The number of alkyl halides is 2. The number of ketones is 1. The van der Waals surface area contributed by atoms with Gasteiger partial charge in [0.15, 0.2) is 5.78 Å². The number of fused-ring (bicyclic) bond motifs is 1.